The molecule has 4 aromatic rings. The first-order valence-corrected chi connectivity index (χ1v) is 7.36. The van der Waals surface area contributed by atoms with Crippen molar-refractivity contribution in [3.8, 4) is 11.3 Å². The van der Waals surface area contributed by atoms with Gasteiger partial charge in [0.1, 0.15) is 0 Å². The summed E-state index contributed by atoms with van der Waals surface area (Å²) in [5.41, 5.74) is 1.19. The molecular formula is C15H8ClFN6O2. The van der Waals surface area contributed by atoms with Crippen molar-refractivity contribution >= 4 is 46.7 Å². The average molecular weight is 359 g/mol. The van der Waals surface area contributed by atoms with E-state index in [1.54, 1.807) is 16.8 Å². The summed E-state index contributed by atoms with van der Waals surface area (Å²) in [5, 5.41) is 9.14. The highest BCUT2D eigenvalue weighted by Gasteiger charge is 2.21. The molecule has 124 valence electrons. The van der Waals surface area contributed by atoms with Gasteiger partial charge in [0.25, 0.3) is 0 Å². The van der Waals surface area contributed by atoms with Gasteiger partial charge in [0.15, 0.2) is 23.6 Å². The average Bonchev–Trinajstić information content (AvgIpc) is 3.22. The predicted molar refractivity (Wildman–Crippen MR) is 88.1 cm³/mol. The molecule has 2 N–H and O–H groups in total. The van der Waals surface area contributed by atoms with Gasteiger partial charge in [-0.1, -0.05) is 11.6 Å². The Labute approximate surface area is 143 Å². The van der Waals surface area contributed by atoms with E-state index in [0.717, 1.165) is 0 Å². The van der Waals surface area contributed by atoms with Gasteiger partial charge in [-0.3, -0.25) is 19.7 Å². The molecule has 0 saturated heterocycles. The third kappa shape index (κ3) is 2.24. The summed E-state index contributed by atoms with van der Waals surface area (Å²) in [4.78, 5) is 30.1. The number of amides is 1. The van der Waals surface area contributed by atoms with Crippen LogP contribution in [0.25, 0.3) is 27.8 Å². The molecule has 4 rings (SSSR count). The van der Waals surface area contributed by atoms with E-state index in [2.05, 4.69) is 25.5 Å². The summed E-state index contributed by atoms with van der Waals surface area (Å²) in [7, 11) is 0. The van der Waals surface area contributed by atoms with Crippen molar-refractivity contribution in [3.05, 3.63) is 41.2 Å². The normalized spacial score (nSPS) is 11.1. The van der Waals surface area contributed by atoms with E-state index in [9.17, 15) is 14.0 Å². The quantitative estimate of drug-likeness (QED) is 0.545. The SMILES string of the molecule is O=CNc1cn2cc(-c3c(Cl)c(F)c(C=O)c4[nH]ncc34)ncc2n1. The highest BCUT2D eigenvalue weighted by molar-refractivity contribution is 6.35. The molecule has 0 aliphatic carbocycles. The van der Waals surface area contributed by atoms with Crippen molar-refractivity contribution in [3.63, 3.8) is 0 Å². The fourth-order valence-corrected chi connectivity index (χ4v) is 2.96. The molecule has 8 nitrogen and oxygen atoms in total. The molecule has 25 heavy (non-hydrogen) atoms. The Morgan fingerprint density at radius 1 is 1.28 bits per heavy atom. The summed E-state index contributed by atoms with van der Waals surface area (Å²) < 4.78 is 16.1. The number of nitrogens with one attached hydrogen (secondary N) is 2. The van der Waals surface area contributed by atoms with Crippen LogP contribution in [0.2, 0.25) is 5.02 Å². The topological polar surface area (TPSA) is 105 Å². The number of carbonyl (C=O) groups excluding carboxylic acids is 2. The molecule has 10 heteroatoms. The zero-order valence-corrected chi connectivity index (χ0v) is 13.1. The van der Waals surface area contributed by atoms with Gasteiger partial charge in [-0.25, -0.2) is 9.37 Å². The summed E-state index contributed by atoms with van der Waals surface area (Å²) in [5.74, 6) is -0.504. The Balaban J connectivity index is 1.99. The third-order valence-corrected chi connectivity index (χ3v) is 4.10. The molecule has 0 aliphatic heterocycles. The van der Waals surface area contributed by atoms with Gasteiger partial charge < -0.3 is 9.72 Å². The lowest BCUT2D eigenvalue weighted by Crippen LogP contribution is -1.97. The van der Waals surface area contributed by atoms with Crippen LogP contribution < -0.4 is 5.32 Å². The molecule has 0 fully saturated rings. The van der Waals surface area contributed by atoms with Crippen LogP contribution in [0.1, 0.15) is 10.4 Å². The van der Waals surface area contributed by atoms with Gasteiger partial charge in [-0.15, -0.1) is 0 Å². The van der Waals surface area contributed by atoms with E-state index in [-0.39, 0.29) is 16.1 Å². The Morgan fingerprint density at radius 3 is 2.88 bits per heavy atom. The molecule has 0 aliphatic rings. The number of aromatic nitrogens is 5. The summed E-state index contributed by atoms with van der Waals surface area (Å²) in [6.07, 6.45) is 6.96. The smallest absolute Gasteiger partial charge is 0.212 e. The number of aldehydes is 1. The van der Waals surface area contributed by atoms with Crippen LogP contribution in [-0.4, -0.2) is 37.3 Å². The van der Waals surface area contributed by atoms with Crippen molar-refractivity contribution in [2.45, 2.75) is 0 Å². The van der Waals surface area contributed by atoms with Crippen LogP contribution in [0.15, 0.2) is 24.8 Å². The first-order valence-electron chi connectivity index (χ1n) is 6.98. The van der Waals surface area contributed by atoms with Gasteiger partial charge in [0.2, 0.25) is 6.41 Å². The standard InChI is InChI=1S/C15H8ClFN6O2/c16-13-12(7-1-20-22-15(7)8(5-24)14(13)17)9-3-23-4-10(19-6-25)21-11(23)2-18-9/h1-6H,(H,19,25)(H,20,22). The van der Waals surface area contributed by atoms with Crippen molar-refractivity contribution in [2.24, 2.45) is 0 Å². The molecule has 0 spiro atoms. The Hall–Kier alpha value is -3.33. The first-order chi connectivity index (χ1) is 12.1. The van der Waals surface area contributed by atoms with E-state index < -0.39 is 5.82 Å². The first kappa shape index (κ1) is 15.2. The van der Waals surface area contributed by atoms with Gasteiger partial charge in [0, 0.05) is 17.1 Å². The van der Waals surface area contributed by atoms with Crippen LogP contribution in [0.3, 0.4) is 0 Å². The minimum absolute atomic E-state index is 0.192. The second kappa shape index (κ2) is 5.64. The molecule has 0 unspecified atom stereocenters. The van der Waals surface area contributed by atoms with Gasteiger partial charge >= 0.3 is 0 Å². The molecule has 3 aromatic heterocycles. The second-order valence-corrected chi connectivity index (χ2v) is 5.50. The van der Waals surface area contributed by atoms with Gasteiger partial charge in [-0.05, 0) is 0 Å². The van der Waals surface area contributed by atoms with Crippen molar-refractivity contribution in [1.82, 2.24) is 24.6 Å². The number of halogens is 2. The lowest BCUT2D eigenvalue weighted by molar-refractivity contribution is -0.105. The van der Waals surface area contributed by atoms with Crippen LogP contribution in [0.4, 0.5) is 10.2 Å². The minimum Gasteiger partial charge on any atom is -0.312 e. The molecule has 0 saturated carbocycles. The third-order valence-electron chi connectivity index (χ3n) is 3.75. The number of rotatable bonds is 4. The maximum atomic E-state index is 14.5. The largest absolute Gasteiger partial charge is 0.312 e. The summed E-state index contributed by atoms with van der Waals surface area (Å²) in [6, 6.07) is 0. The maximum Gasteiger partial charge on any atom is 0.212 e. The van der Waals surface area contributed by atoms with Crippen LogP contribution in [0, 0.1) is 5.82 Å². The molecule has 1 aromatic carbocycles. The van der Waals surface area contributed by atoms with Crippen molar-refractivity contribution < 1.29 is 14.0 Å². The number of benzene rings is 1. The molecular weight excluding hydrogens is 351 g/mol. The number of imidazole rings is 1. The molecule has 0 atom stereocenters. The van der Waals surface area contributed by atoms with E-state index in [4.69, 9.17) is 11.6 Å². The number of anilines is 1. The Morgan fingerprint density at radius 2 is 2.12 bits per heavy atom. The number of carbonyl (C=O) groups is 2. The molecule has 0 radical (unpaired) electrons. The Kier molecular flexibility index (Phi) is 3.43. The van der Waals surface area contributed by atoms with Gasteiger partial charge in [-0.2, -0.15) is 5.10 Å². The fraction of sp³-hybridized carbons (Fsp3) is 0. The van der Waals surface area contributed by atoms with Crippen LogP contribution in [0.5, 0.6) is 0 Å². The molecule has 1 amide bonds. The Bertz CT molecular complexity index is 1150. The van der Waals surface area contributed by atoms with E-state index in [1.807, 2.05) is 0 Å². The van der Waals surface area contributed by atoms with E-state index >= 15 is 0 Å². The number of fused-ring (bicyclic) bond motifs is 2. The zero-order valence-electron chi connectivity index (χ0n) is 12.3. The number of aromatic amines is 1. The van der Waals surface area contributed by atoms with E-state index in [0.29, 0.717) is 40.8 Å². The predicted octanol–water partition coefficient (Wildman–Crippen LogP) is 2.45. The number of hydrogen-bond acceptors (Lipinski definition) is 5. The monoisotopic (exact) mass is 358 g/mol. The highest BCUT2D eigenvalue weighted by Crippen LogP contribution is 2.37. The van der Waals surface area contributed by atoms with Crippen molar-refractivity contribution in [1.29, 1.82) is 0 Å². The lowest BCUT2D eigenvalue weighted by Gasteiger charge is -2.09. The number of hydrogen-bond donors (Lipinski definition) is 2. The van der Waals surface area contributed by atoms with Crippen LogP contribution in [-0.2, 0) is 4.79 Å². The minimum atomic E-state index is -0.848. The maximum absolute atomic E-state index is 14.5. The fourth-order valence-electron chi connectivity index (χ4n) is 2.66. The highest BCUT2D eigenvalue weighted by atomic mass is 35.5. The molecule has 0 bridgehead atoms. The number of H-pyrrole nitrogens is 1. The lowest BCUT2D eigenvalue weighted by atomic mass is 10.0. The number of nitrogens with zero attached hydrogens (tertiary/aromatic N) is 4. The summed E-state index contributed by atoms with van der Waals surface area (Å²) in [6.45, 7) is 0. The van der Waals surface area contributed by atoms with Gasteiger partial charge in [0.05, 0.1) is 40.4 Å². The molecule has 3 heterocycles. The van der Waals surface area contributed by atoms with Crippen molar-refractivity contribution in [2.75, 3.05) is 5.32 Å². The summed E-state index contributed by atoms with van der Waals surface area (Å²) >= 11 is 6.15. The van der Waals surface area contributed by atoms with Crippen LogP contribution >= 0.6 is 11.6 Å². The zero-order chi connectivity index (χ0) is 17.6. The van der Waals surface area contributed by atoms with E-state index in [1.165, 1.54) is 12.4 Å². The second-order valence-electron chi connectivity index (χ2n) is 5.12.